The van der Waals surface area contributed by atoms with Gasteiger partial charge in [0, 0.05) is 36.7 Å². The van der Waals surface area contributed by atoms with Gasteiger partial charge in [0.05, 0.1) is 17.2 Å². The van der Waals surface area contributed by atoms with Crippen LogP contribution in [0.15, 0.2) is 35.4 Å². The van der Waals surface area contributed by atoms with E-state index >= 15 is 0 Å². The predicted molar refractivity (Wildman–Crippen MR) is 96.1 cm³/mol. The molecular weight excluding hydrogens is 306 g/mol. The van der Waals surface area contributed by atoms with Crippen LogP contribution in [0.4, 0.5) is 0 Å². The van der Waals surface area contributed by atoms with Gasteiger partial charge < -0.3 is 0 Å². The summed E-state index contributed by atoms with van der Waals surface area (Å²) in [6.07, 6.45) is 7.14. The van der Waals surface area contributed by atoms with E-state index in [0.29, 0.717) is 6.04 Å². The average molecular weight is 329 g/mol. The first-order valence-corrected chi connectivity index (χ1v) is 9.67. The molecule has 23 heavy (non-hydrogen) atoms. The average Bonchev–Trinajstić information content (AvgIpc) is 2.61. The van der Waals surface area contributed by atoms with Gasteiger partial charge in [0.15, 0.2) is 0 Å². The minimum atomic E-state index is 0.0854. The molecule has 0 amide bonds. The van der Waals surface area contributed by atoms with Gasteiger partial charge in [-0.1, -0.05) is 25.0 Å². The molecule has 1 aromatic heterocycles. The molecule has 2 atom stereocenters. The Bertz CT molecular complexity index is 742. The van der Waals surface area contributed by atoms with E-state index in [1.54, 1.807) is 10.9 Å². The van der Waals surface area contributed by atoms with Crippen molar-refractivity contribution < 1.29 is 0 Å². The SMILES string of the molecule is O=c1c2ccccc2ncn1CCN1CCS[C@H]2CCCC[C@@H]21. The maximum Gasteiger partial charge on any atom is 0.261 e. The second kappa shape index (κ2) is 6.65. The summed E-state index contributed by atoms with van der Waals surface area (Å²) >= 11 is 2.16. The molecule has 5 heteroatoms. The molecular formula is C18H23N3OS. The minimum Gasteiger partial charge on any atom is -0.297 e. The standard InChI is InChI=1S/C18H23N3OS/c22-18-14-5-1-2-6-15(14)19-13-21(18)10-9-20-11-12-23-17-8-4-3-7-16(17)20/h1-2,5-6,13,16-17H,3-4,7-12H2/t16-,17-/m0/s1. The number of aromatic nitrogens is 2. The number of rotatable bonds is 3. The summed E-state index contributed by atoms with van der Waals surface area (Å²) in [5.74, 6) is 1.23. The fourth-order valence-corrected chi connectivity index (χ4v) is 5.46. The third kappa shape index (κ3) is 3.04. The van der Waals surface area contributed by atoms with Crippen molar-refractivity contribution in [3.63, 3.8) is 0 Å². The van der Waals surface area contributed by atoms with Crippen LogP contribution < -0.4 is 5.56 Å². The molecule has 1 saturated heterocycles. The van der Waals surface area contributed by atoms with E-state index in [4.69, 9.17) is 0 Å². The fraction of sp³-hybridized carbons (Fsp3) is 0.556. The summed E-state index contributed by atoms with van der Waals surface area (Å²) in [5.41, 5.74) is 0.873. The molecule has 0 radical (unpaired) electrons. The Kier molecular flexibility index (Phi) is 4.40. The van der Waals surface area contributed by atoms with Crippen LogP contribution in [-0.2, 0) is 6.54 Å². The molecule has 1 aliphatic carbocycles. The number of benzene rings is 1. The molecule has 0 unspecified atom stereocenters. The van der Waals surface area contributed by atoms with E-state index in [9.17, 15) is 4.79 Å². The molecule has 2 fully saturated rings. The van der Waals surface area contributed by atoms with E-state index in [1.807, 2.05) is 24.3 Å². The number of thioether (sulfide) groups is 1. The van der Waals surface area contributed by atoms with Crippen LogP contribution >= 0.6 is 11.8 Å². The minimum absolute atomic E-state index is 0.0854. The van der Waals surface area contributed by atoms with Crippen molar-refractivity contribution in [2.75, 3.05) is 18.8 Å². The molecule has 4 rings (SSSR count). The van der Waals surface area contributed by atoms with E-state index < -0.39 is 0 Å². The van der Waals surface area contributed by atoms with Gasteiger partial charge in [0.25, 0.3) is 5.56 Å². The van der Waals surface area contributed by atoms with Crippen molar-refractivity contribution in [3.8, 4) is 0 Å². The molecule has 2 aliphatic rings. The summed E-state index contributed by atoms with van der Waals surface area (Å²) in [4.78, 5) is 19.6. The Morgan fingerprint density at radius 1 is 1.17 bits per heavy atom. The van der Waals surface area contributed by atoms with E-state index in [0.717, 1.165) is 35.8 Å². The van der Waals surface area contributed by atoms with E-state index in [-0.39, 0.29) is 5.56 Å². The Morgan fingerprint density at radius 3 is 3.00 bits per heavy atom. The third-order valence-electron chi connectivity index (χ3n) is 5.21. The maximum absolute atomic E-state index is 12.6. The molecule has 1 saturated carbocycles. The topological polar surface area (TPSA) is 38.1 Å². The van der Waals surface area contributed by atoms with Gasteiger partial charge >= 0.3 is 0 Å². The molecule has 2 heterocycles. The van der Waals surface area contributed by atoms with Crippen molar-refractivity contribution in [1.82, 2.24) is 14.5 Å². The monoisotopic (exact) mass is 329 g/mol. The number of nitrogens with zero attached hydrogens (tertiary/aromatic N) is 3. The lowest BCUT2D eigenvalue weighted by molar-refractivity contribution is 0.157. The zero-order chi connectivity index (χ0) is 15.6. The highest BCUT2D eigenvalue weighted by atomic mass is 32.2. The lowest BCUT2D eigenvalue weighted by atomic mass is 9.93. The molecule has 4 nitrogen and oxygen atoms in total. The van der Waals surface area contributed by atoms with Crippen LogP contribution in [0.2, 0.25) is 0 Å². The number of hydrogen-bond donors (Lipinski definition) is 0. The summed E-state index contributed by atoms with van der Waals surface area (Å²) < 4.78 is 1.78. The lowest BCUT2D eigenvalue weighted by Gasteiger charge is -2.43. The van der Waals surface area contributed by atoms with Crippen molar-refractivity contribution in [3.05, 3.63) is 40.9 Å². The van der Waals surface area contributed by atoms with Crippen LogP contribution in [0.25, 0.3) is 10.9 Å². The second-order valence-corrected chi connectivity index (χ2v) is 7.90. The van der Waals surface area contributed by atoms with Gasteiger partial charge in [-0.25, -0.2) is 4.98 Å². The van der Waals surface area contributed by atoms with Crippen LogP contribution in [0.3, 0.4) is 0 Å². The molecule has 0 N–H and O–H groups in total. The highest BCUT2D eigenvalue weighted by Crippen LogP contribution is 2.35. The molecule has 1 aromatic carbocycles. The van der Waals surface area contributed by atoms with Gasteiger partial charge in [-0.3, -0.25) is 14.3 Å². The Hall–Kier alpha value is -1.33. The largest absolute Gasteiger partial charge is 0.297 e. The second-order valence-electron chi connectivity index (χ2n) is 6.56. The van der Waals surface area contributed by atoms with Gasteiger partial charge in [-0.05, 0) is 25.0 Å². The zero-order valence-electron chi connectivity index (χ0n) is 13.4. The van der Waals surface area contributed by atoms with Crippen LogP contribution in [0, 0.1) is 0 Å². The van der Waals surface area contributed by atoms with E-state index in [2.05, 4.69) is 21.6 Å². The third-order valence-corrected chi connectivity index (χ3v) is 6.60. The van der Waals surface area contributed by atoms with Gasteiger partial charge in [0.2, 0.25) is 0 Å². The van der Waals surface area contributed by atoms with Crippen LogP contribution in [0.5, 0.6) is 0 Å². The summed E-state index contributed by atoms with van der Waals surface area (Å²) in [7, 11) is 0. The molecule has 1 aliphatic heterocycles. The summed E-state index contributed by atoms with van der Waals surface area (Å²) in [6.45, 7) is 2.85. The fourth-order valence-electron chi connectivity index (χ4n) is 3.96. The van der Waals surface area contributed by atoms with Crippen molar-refractivity contribution >= 4 is 22.7 Å². The first kappa shape index (κ1) is 15.2. The summed E-state index contributed by atoms with van der Waals surface area (Å²) in [5, 5.41) is 1.53. The van der Waals surface area contributed by atoms with Gasteiger partial charge in [-0.2, -0.15) is 11.8 Å². The maximum atomic E-state index is 12.6. The Morgan fingerprint density at radius 2 is 2.04 bits per heavy atom. The highest BCUT2D eigenvalue weighted by Gasteiger charge is 2.33. The number of hydrogen-bond acceptors (Lipinski definition) is 4. The summed E-state index contributed by atoms with van der Waals surface area (Å²) in [6, 6.07) is 8.32. The van der Waals surface area contributed by atoms with Crippen molar-refractivity contribution in [2.45, 2.75) is 43.5 Å². The van der Waals surface area contributed by atoms with E-state index in [1.165, 1.54) is 31.4 Å². The Balaban J connectivity index is 1.50. The van der Waals surface area contributed by atoms with Crippen molar-refractivity contribution in [1.29, 1.82) is 0 Å². The lowest BCUT2D eigenvalue weighted by Crippen LogP contribution is -2.50. The quantitative estimate of drug-likeness (QED) is 0.868. The molecule has 0 bridgehead atoms. The number of para-hydroxylation sites is 1. The number of fused-ring (bicyclic) bond motifs is 2. The molecule has 122 valence electrons. The Labute approximate surface area is 140 Å². The molecule has 2 aromatic rings. The van der Waals surface area contributed by atoms with Crippen LogP contribution in [-0.4, -0.2) is 44.6 Å². The normalized spacial score (nSPS) is 25.4. The van der Waals surface area contributed by atoms with Gasteiger partial charge in [0.1, 0.15) is 0 Å². The van der Waals surface area contributed by atoms with Gasteiger partial charge in [-0.15, -0.1) is 0 Å². The van der Waals surface area contributed by atoms with Crippen molar-refractivity contribution in [2.24, 2.45) is 0 Å². The smallest absolute Gasteiger partial charge is 0.261 e. The first-order chi connectivity index (χ1) is 11.3. The molecule has 0 spiro atoms. The first-order valence-electron chi connectivity index (χ1n) is 8.63. The highest BCUT2D eigenvalue weighted by molar-refractivity contribution is 8.00. The zero-order valence-corrected chi connectivity index (χ0v) is 14.2. The predicted octanol–water partition coefficient (Wildman–Crippen LogP) is 2.76. The van der Waals surface area contributed by atoms with Crippen LogP contribution in [0.1, 0.15) is 25.7 Å².